The lowest BCUT2D eigenvalue weighted by atomic mass is 9.92. The average molecular weight is 298 g/mol. The Bertz CT molecular complexity index is 386. The highest BCUT2D eigenvalue weighted by Crippen LogP contribution is 2.30. The van der Waals surface area contributed by atoms with Crippen LogP contribution in [0, 0.1) is 12.8 Å². The molecular formula is C14H20BrNO. The van der Waals surface area contributed by atoms with Crippen LogP contribution in [0.25, 0.3) is 0 Å². The van der Waals surface area contributed by atoms with Gasteiger partial charge in [0.25, 0.3) is 0 Å². The summed E-state index contributed by atoms with van der Waals surface area (Å²) in [6, 6.07) is 4.23. The van der Waals surface area contributed by atoms with Crippen molar-refractivity contribution in [3.63, 3.8) is 0 Å². The van der Waals surface area contributed by atoms with Crippen LogP contribution < -0.4 is 10.1 Å². The molecular weight excluding hydrogens is 278 g/mol. The molecule has 3 heteroatoms. The van der Waals surface area contributed by atoms with Crippen LogP contribution in [0.15, 0.2) is 16.6 Å². The van der Waals surface area contributed by atoms with Gasteiger partial charge in [-0.2, -0.15) is 0 Å². The molecule has 1 aliphatic heterocycles. The number of hydrogen-bond donors (Lipinski definition) is 1. The number of rotatable bonds is 3. The summed E-state index contributed by atoms with van der Waals surface area (Å²) in [5.74, 6) is 1.72. The van der Waals surface area contributed by atoms with E-state index in [1.165, 1.54) is 35.0 Å². The first-order valence-electron chi connectivity index (χ1n) is 6.24. The highest BCUT2D eigenvalue weighted by atomic mass is 79.9. The number of methoxy groups -OCH3 is 1. The predicted molar refractivity (Wildman–Crippen MR) is 74.7 cm³/mol. The Kier molecular flexibility index (Phi) is 4.46. The number of halogens is 1. The second kappa shape index (κ2) is 5.87. The molecule has 0 saturated carbocycles. The Labute approximate surface area is 112 Å². The number of hydrogen-bond acceptors (Lipinski definition) is 2. The Morgan fingerprint density at radius 1 is 1.47 bits per heavy atom. The molecule has 0 spiro atoms. The van der Waals surface area contributed by atoms with Crippen molar-refractivity contribution in [1.82, 2.24) is 5.32 Å². The molecule has 1 heterocycles. The van der Waals surface area contributed by atoms with Crippen LogP contribution in [0.4, 0.5) is 0 Å². The van der Waals surface area contributed by atoms with E-state index in [0.29, 0.717) is 0 Å². The number of piperidine rings is 1. The van der Waals surface area contributed by atoms with Gasteiger partial charge in [-0.1, -0.05) is 15.9 Å². The summed E-state index contributed by atoms with van der Waals surface area (Å²) in [7, 11) is 1.73. The van der Waals surface area contributed by atoms with Gasteiger partial charge in [-0.3, -0.25) is 0 Å². The van der Waals surface area contributed by atoms with Crippen LogP contribution in [0.1, 0.15) is 24.0 Å². The lowest BCUT2D eigenvalue weighted by molar-refractivity contribution is 0.374. The first-order chi connectivity index (χ1) is 8.20. The quantitative estimate of drug-likeness (QED) is 0.924. The fraction of sp³-hybridized carbons (Fsp3) is 0.571. The molecule has 0 radical (unpaired) electrons. The van der Waals surface area contributed by atoms with Gasteiger partial charge < -0.3 is 10.1 Å². The third-order valence-corrected chi connectivity index (χ3v) is 4.58. The average Bonchev–Trinajstić information content (AvgIpc) is 2.36. The molecule has 1 aromatic rings. The Hall–Kier alpha value is -0.540. The second-order valence-electron chi connectivity index (χ2n) is 4.83. The molecule has 94 valence electrons. The highest BCUT2D eigenvalue weighted by Gasteiger charge is 2.16. The van der Waals surface area contributed by atoms with Gasteiger partial charge in [0.1, 0.15) is 5.75 Å². The van der Waals surface area contributed by atoms with Crippen LogP contribution in [0.2, 0.25) is 0 Å². The molecule has 0 bridgehead atoms. The van der Waals surface area contributed by atoms with E-state index in [1.54, 1.807) is 7.11 Å². The highest BCUT2D eigenvalue weighted by molar-refractivity contribution is 9.10. The normalized spacial score (nSPS) is 20.3. The van der Waals surface area contributed by atoms with Gasteiger partial charge in [-0.25, -0.2) is 0 Å². The van der Waals surface area contributed by atoms with E-state index >= 15 is 0 Å². The predicted octanol–water partition coefficient (Wildman–Crippen LogP) is 3.31. The summed E-state index contributed by atoms with van der Waals surface area (Å²) in [5, 5.41) is 3.47. The topological polar surface area (TPSA) is 21.3 Å². The van der Waals surface area contributed by atoms with Crippen molar-refractivity contribution in [2.75, 3.05) is 20.2 Å². The molecule has 1 atom stereocenters. The molecule has 0 aromatic heterocycles. The maximum Gasteiger partial charge on any atom is 0.119 e. The Morgan fingerprint density at radius 3 is 2.94 bits per heavy atom. The minimum Gasteiger partial charge on any atom is -0.497 e. The fourth-order valence-electron chi connectivity index (χ4n) is 2.48. The smallest absolute Gasteiger partial charge is 0.119 e. The van der Waals surface area contributed by atoms with Crippen molar-refractivity contribution in [2.24, 2.45) is 5.92 Å². The van der Waals surface area contributed by atoms with E-state index in [9.17, 15) is 0 Å². The van der Waals surface area contributed by atoms with Gasteiger partial charge in [0.2, 0.25) is 0 Å². The number of nitrogens with one attached hydrogen (secondary N) is 1. The molecule has 1 saturated heterocycles. The molecule has 1 aliphatic rings. The first-order valence-corrected chi connectivity index (χ1v) is 7.03. The van der Waals surface area contributed by atoms with Gasteiger partial charge in [-0.05, 0) is 68.5 Å². The zero-order valence-corrected chi connectivity index (χ0v) is 12.1. The second-order valence-corrected chi connectivity index (χ2v) is 5.63. The minimum absolute atomic E-state index is 0.756. The Morgan fingerprint density at radius 2 is 2.29 bits per heavy atom. The van der Waals surface area contributed by atoms with Crippen molar-refractivity contribution >= 4 is 15.9 Å². The molecule has 2 nitrogen and oxygen atoms in total. The monoisotopic (exact) mass is 297 g/mol. The summed E-state index contributed by atoms with van der Waals surface area (Å²) < 4.78 is 6.58. The van der Waals surface area contributed by atoms with Crippen LogP contribution in [-0.4, -0.2) is 20.2 Å². The largest absolute Gasteiger partial charge is 0.497 e. The SMILES string of the molecule is COc1cc(C)c(Br)c(CC2CCCNC2)c1. The lowest BCUT2D eigenvalue weighted by Gasteiger charge is -2.23. The van der Waals surface area contributed by atoms with Crippen molar-refractivity contribution in [1.29, 1.82) is 0 Å². The van der Waals surface area contributed by atoms with Crippen LogP contribution >= 0.6 is 15.9 Å². The molecule has 0 aliphatic carbocycles. The number of ether oxygens (including phenoxy) is 1. The number of benzene rings is 1. The first kappa shape index (κ1) is 12.9. The van der Waals surface area contributed by atoms with Gasteiger partial charge in [0, 0.05) is 4.47 Å². The van der Waals surface area contributed by atoms with E-state index in [-0.39, 0.29) is 0 Å². The molecule has 1 aromatic carbocycles. The molecule has 1 N–H and O–H groups in total. The summed E-state index contributed by atoms with van der Waals surface area (Å²) in [4.78, 5) is 0. The molecule has 0 amide bonds. The third-order valence-electron chi connectivity index (χ3n) is 3.45. The van der Waals surface area contributed by atoms with Crippen molar-refractivity contribution in [3.05, 3.63) is 27.7 Å². The summed E-state index contributed by atoms with van der Waals surface area (Å²) in [5.41, 5.74) is 2.62. The fourth-order valence-corrected chi connectivity index (χ4v) is 2.87. The van der Waals surface area contributed by atoms with Gasteiger partial charge in [-0.15, -0.1) is 0 Å². The van der Waals surface area contributed by atoms with Gasteiger partial charge in [0.05, 0.1) is 7.11 Å². The molecule has 1 fully saturated rings. The zero-order valence-electron chi connectivity index (χ0n) is 10.6. The van der Waals surface area contributed by atoms with Gasteiger partial charge in [0.15, 0.2) is 0 Å². The maximum absolute atomic E-state index is 5.34. The van der Waals surface area contributed by atoms with E-state index in [2.05, 4.69) is 40.3 Å². The van der Waals surface area contributed by atoms with E-state index in [1.807, 2.05) is 0 Å². The van der Waals surface area contributed by atoms with Crippen molar-refractivity contribution in [3.8, 4) is 5.75 Å². The van der Waals surface area contributed by atoms with Crippen molar-refractivity contribution < 1.29 is 4.74 Å². The van der Waals surface area contributed by atoms with E-state index in [4.69, 9.17) is 4.74 Å². The summed E-state index contributed by atoms with van der Waals surface area (Å²) >= 11 is 3.69. The minimum atomic E-state index is 0.756. The van der Waals surface area contributed by atoms with Crippen molar-refractivity contribution in [2.45, 2.75) is 26.2 Å². The van der Waals surface area contributed by atoms with E-state index < -0.39 is 0 Å². The summed E-state index contributed by atoms with van der Waals surface area (Å²) in [6.07, 6.45) is 3.76. The molecule has 1 unspecified atom stereocenters. The Balaban J connectivity index is 2.15. The molecule has 17 heavy (non-hydrogen) atoms. The zero-order chi connectivity index (χ0) is 12.3. The van der Waals surface area contributed by atoms with Crippen LogP contribution in [0.3, 0.4) is 0 Å². The number of aryl methyl sites for hydroxylation is 1. The van der Waals surface area contributed by atoms with Crippen LogP contribution in [0.5, 0.6) is 5.75 Å². The maximum atomic E-state index is 5.34. The van der Waals surface area contributed by atoms with Gasteiger partial charge >= 0.3 is 0 Å². The third kappa shape index (κ3) is 3.23. The summed E-state index contributed by atoms with van der Waals surface area (Å²) in [6.45, 7) is 4.44. The van der Waals surface area contributed by atoms with E-state index in [0.717, 1.165) is 24.6 Å². The molecule has 2 rings (SSSR count). The lowest BCUT2D eigenvalue weighted by Crippen LogP contribution is -2.30. The van der Waals surface area contributed by atoms with Crippen LogP contribution in [-0.2, 0) is 6.42 Å². The standard InChI is InChI=1S/C14H20BrNO/c1-10-6-13(17-2)8-12(14(10)15)7-11-4-3-5-16-9-11/h6,8,11,16H,3-5,7,9H2,1-2H3.